The van der Waals surface area contributed by atoms with Crippen LogP contribution in [0.15, 0.2) is 192 Å². The highest BCUT2D eigenvalue weighted by Gasteiger charge is 2.47. The van der Waals surface area contributed by atoms with Gasteiger partial charge in [-0.15, -0.1) is 11.3 Å². The highest BCUT2D eigenvalue weighted by Crippen LogP contribution is 2.60. The van der Waals surface area contributed by atoms with Crippen LogP contribution < -0.4 is 4.90 Å². The van der Waals surface area contributed by atoms with Crippen molar-refractivity contribution in [2.24, 2.45) is 0 Å². The molecule has 8 aromatic carbocycles. The summed E-state index contributed by atoms with van der Waals surface area (Å²) in [6.07, 6.45) is 0. The number of hydrogen-bond acceptors (Lipinski definition) is 3. The van der Waals surface area contributed by atoms with Gasteiger partial charge in [-0.1, -0.05) is 152 Å². The number of nitrogens with zero attached hydrogens (tertiary/aromatic N) is 1. The van der Waals surface area contributed by atoms with Crippen LogP contribution in [0.5, 0.6) is 0 Å². The lowest BCUT2D eigenvalue weighted by atomic mass is 9.68. The van der Waals surface area contributed by atoms with Crippen LogP contribution in [-0.2, 0) is 5.41 Å². The third-order valence-electron chi connectivity index (χ3n) is 10.9. The van der Waals surface area contributed by atoms with Crippen LogP contribution in [0.4, 0.5) is 17.1 Å². The summed E-state index contributed by atoms with van der Waals surface area (Å²) in [4.78, 5) is 2.48. The van der Waals surface area contributed by atoms with E-state index in [1.165, 1.54) is 53.6 Å². The third kappa shape index (κ3) is 4.00. The average Bonchev–Trinajstić information content (AvgIpc) is 3.88. The minimum atomic E-state index is -0.511. The highest BCUT2D eigenvalue weighted by molar-refractivity contribution is 7.26. The standard InChI is InChI=1S/C49H31NOS/c1-3-16-32(17-4-1)49(33-18-5-2-6-19-33)38-24-10-7-21-36(38)46-39(49)25-14-26-40(46)50(41-27-15-31-45-47(41)37-22-9-12-30-44(37)52-45)42-28-13-23-35-34-20-8-11-29-43(34)51-48(35)42/h1-31H. The second-order valence-corrected chi connectivity index (χ2v) is 14.6. The first-order valence-electron chi connectivity index (χ1n) is 17.8. The molecular weight excluding hydrogens is 651 g/mol. The van der Waals surface area contributed by atoms with E-state index in [0.29, 0.717) is 0 Å². The summed E-state index contributed by atoms with van der Waals surface area (Å²) in [6.45, 7) is 0. The van der Waals surface area contributed by atoms with Crippen LogP contribution in [0.2, 0.25) is 0 Å². The Labute approximate surface area is 305 Å². The summed E-state index contributed by atoms with van der Waals surface area (Å²) in [5.74, 6) is 0. The molecule has 244 valence electrons. The van der Waals surface area contributed by atoms with Crippen LogP contribution in [-0.4, -0.2) is 0 Å². The lowest BCUT2D eigenvalue weighted by Crippen LogP contribution is -2.28. The van der Waals surface area contributed by atoms with Crippen molar-refractivity contribution in [2.45, 2.75) is 5.41 Å². The maximum atomic E-state index is 6.82. The van der Waals surface area contributed by atoms with E-state index in [4.69, 9.17) is 4.42 Å². The van der Waals surface area contributed by atoms with Crippen LogP contribution in [0.3, 0.4) is 0 Å². The van der Waals surface area contributed by atoms with Crippen molar-refractivity contribution in [2.75, 3.05) is 4.90 Å². The fraction of sp³-hybridized carbons (Fsp3) is 0.0204. The van der Waals surface area contributed by atoms with Crippen molar-refractivity contribution >= 4 is 70.5 Å². The predicted molar refractivity (Wildman–Crippen MR) is 219 cm³/mol. The Bertz CT molecular complexity index is 2930. The fourth-order valence-corrected chi connectivity index (χ4v) is 10.0. The minimum Gasteiger partial charge on any atom is -0.454 e. The molecular formula is C49H31NOS. The summed E-state index contributed by atoms with van der Waals surface area (Å²) >= 11 is 1.85. The molecule has 0 N–H and O–H groups in total. The average molecular weight is 682 g/mol. The normalized spacial score (nSPS) is 13.2. The van der Waals surface area contributed by atoms with Gasteiger partial charge in [0.25, 0.3) is 0 Å². The monoisotopic (exact) mass is 681 g/mol. The van der Waals surface area contributed by atoms with Gasteiger partial charge in [-0.2, -0.15) is 0 Å². The minimum absolute atomic E-state index is 0.511. The molecule has 0 unspecified atom stereocenters. The Morgan fingerprint density at radius 2 is 1.00 bits per heavy atom. The molecule has 0 saturated heterocycles. The number of thiophene rings is 1. The zero-order valence-electron chi connectivity index (χ0n) is 28.2. The van der Waals surface area contributed by atoms with Crippen LogP contribution in [0.25, 0.3) is 53.2 Å². The Morgan fingerprint density at radius 3 is 1.83 bits per heavy atom. The van der Waals surface area contributed by atoms with Gasteiger partial charge in [0.1, 0.15) is 5.58 Å². The van der Waals surface area contributed by atoms with Gasteiger partial charge in [-0.05, 0) is 64.2 Å². The summed E-state index contributed by atoms with van der Waals surface area (Å²) < 4.78 is 9.36. The molecule has 0 saturated carbocycles. The Kier molecular flexibility index (Phi) is 6.37. The van der Waals surface area contributed by atoms with Gasteiger partial charge < -0.3 is 9.32 Å². The van der Waals surface area contributed by atoms with E-state index in [2.05, 4.69) is 187 Å². The topological polar surface area (TPSA) is 16.4 Å². The van der Waals surface area contributed by atoms with Gasteiger partial charge in [0.05, 0.1) is 22.5 Å². The van der Waals surface area contributed by atoms with Gasteiger partial charge in [0, 0.05) is 36.5 Å². The molecule has 2 heterocycles. The van der Waals surface area contributed by atoms with Crippen LogP contribution in [0.1, 0.15) is 22.3 Å². The maximum Gasteiger partial charge on any atom is 0.159 e. The highest BCUT2D eigenvalue weighted by atomic mass is 32.1. The second kappa shape index (κ2) is 11.3. The van der Waals surface area contributed by atoms with E-state index >= 15 is 0 Å². The molecule has 0 bridgehead atoms. The summed E-state index contributed by atoms with van der Waals surface area (Å²) in [6, 6.07) is 68.4. The molecule has 10 aromatic rings. The molecule has 11 rings (SSSR count). The lowest BCUT2D eigenvalue weighted by molar-refractivity contribution is 0.669. The van der Waals surface area contributed by atoms with E-state index in [1.807, 2.05) is 17.4 Å². The first kappa shape index (κ1) is 29.3. The molecule has 3 heteroatoms. The molecule has 1 aliphatic carbocycles. The number of fused-ring (bicyclic) bond motifs is 9. The van der Waals surface area contributed by atoms with E-state index in [-0.39, 0.29) is 0 Å². The predicted octanol–water partition coefficient (Wildman–Crippen LogP) is 13.8. The zero-order chi connectivity index (χ0) is 34.2. The number of hydrogen-bond donors (Lipinski definition) is 0. The van der Waals surface area contributed by atoms with Crippen molar-refractivity contribution in [3.8, 4) is 11.1 Å². The Balaban J connectivity index is 1.30. The smallest absolute Gasteiger partial charge is 0.159 e. The SMILES string of the molecule is c1ccc(C2(c3ccccc3)c3ccccc3-c3c(N(c4cccc5c4oc4ccccc45)c4cccc5sc6ccccc6c45)cccc32)cc1. The molecule has 0 aliphatic heterocycles. The largest absolute Gasteiger partial charge is 0.454 e. The van der Waals surface area contributed by atoms with Crippen molar-refractivity contribution in [1.29, 1.82) is 0 Å². The van der Waals surface area contributed by atoms with Gasteiger partial charge in [-0.25, -0.2) is 0 Å². The molecule has 52 heavy (non-hydrogen) atoms. The first-order chi connectivity index (χ1) is 25.8. The van der Waals surface area contributed by atoms with Gasteiger partial charge in [0.2, 0.25) is 0 Å². The molecule has 0 fully saturated rings. The molecule has 0 amide bonds. The molecule has 2 aromatic heterocycles. The van der Waals surface area contributed by atoms with Crippen molar-refractivity contribution in [3.05, 3.63) is 210 Å². The quantitative estimate of drug-likeness (QED) is 0.180. The summed E-state index contributed by atoms with van der Waals surface area (Å²) in [5.41, 5.74) is 12.1. The Hall–Kier alpha value is -6.42. The van der Waals surface area contributed by atoms with E-state index in [9.17, 15) is 0 Å². The second-order valence-electron chi connectivity index (χ2n) is 13.6. The van der Waals surface area contributed by atoms with Gasteiger partial charge in [0.15, 0.2) is 5.58 Å². The molecule has 1 aliphatic rings. The molecule has 0 atom stereocenters. The zero-order valence-corrected chi connectivity index (χ0v) is 29.0. The van der Waals surface area contributed by atoms with Gasteiger partial charge in [-0.3, -0.25) is 0 Å². The van der Waals surface area contributed by atoms with E-state index in [1.54, 1.807) is 0 Å². The van der Waals surface area contributed by atoms with Crippen LogP contribution in [0, 0.1) is 0 Å². The summed E-state index contributed by atoms with van der Waals surface area (Å²) in [7, 11) is 0. The number of para-hydroxylation sites is 2. The lowest BCUT2D eigenvalue weighted by Gasteiger charge is -2.34. The maximum absolute atomic E-state index is 6.82. The first-order valence-corrected chi connectivity index (χ1v) is 18.6. The number of furan rings is 1. The van der Waals surface area contributed by atoms with Crippen molar-refractivity contribution < 1.29 is 4.42 Å². The fourth-order valence-electron chi connectivity index (χ4n) is 8.90. The van der Waals surface area contributed by atoms with Crippen molar-refractivity contribution in [3.63, 3.8) is 0 Å². The molecule has 0 radical (unpaired) electrons. The van der Waals surface area contributed by atoms with Crippen LogP contribution >= 0.6 is 11.3 Å². The summed E-state index contributed by atoms with van der Waals surface area (Å²) in [5, 5.41) is 4.74. The van der Waals surface area contributed by atoms with Crippen molar-refractivity contribution in [1.82, 2.24) is 0 Å². The Morgan fingerprint density at radius 1 is 0.423 bits per heavy atom. The van der Waals surface area contributed by atoms with E-state index < -0.39 is 5.41 Å². The van der Waals surface area contributed by atoms with E-state index in [0.717, 1.165) is 39.0 Å². The molecule has 0 spiro atoms. The molecule has 2 nitrogen and oxygen atoms in total. The number of benzene rings is 8. The number of rotatable bonds is 5. The number of anilines is 3. The third-order valence-corrected chi connectivity index (χ3v) is 12.1. The van der Waals surface area contributed by atoms with Gasteiger partial charge >= 0.3 is 0 Å².